The van der Waals surface area contributed by atoms with E-state index in [2.05, 4.69) is 15.3 Å². The average molecular weight is 358 g/mol. The Balaban J connectivity index is 1.24. The molecule has 1 aromatic rings. The minimum atomic E-state index is -0.00725. The number of aryl methyl sites for hydroxylation is 1. The lowest BCUT2D eigenvalue weighted by atomic mass is 9.73. The highest BCUT2D eigenvalue weighted by Gasteiger charge is 2.63. The van der Waals surface area contributed by atoms with Crippen LogP contribution in [0.4, 0.5) is 0 Å². The summed E-state index contributed by atoms with van der Waals surface area (Å²) in [6.07, 6.45) is 11.7. The molecule has 0 unspecified atom stereocenters. The fourth-order valence-electron chi connectivity index (χ4n) is 6.01. The summed E-state index contributed by atoms with van der Waals surface area (Å²) in [5, 5.41) is 7.37. The fraction of sp³-hybridized carbons (Fsp3) is 0.800. The van der Waals surface area contributed by atoms with E-state index in [0.29, 0.717) is 23.5 Å². The van der Waals surface area contributed by atoms with Crippen LogP contribution in [0.2, 0.25) is 0 Å². The van der Waals surface area contributed by atoms with Gasteiger partial charge in [0.15, 0.2) is 0 Å². The fourth-order valence-corrected chi connectivity index (χ4v) is 6.01. The normalized spacial score (nSPS) is 36.7. The highest BCUT2D eigenvalue weighted by molar-refractivity contribution is 5.93. The van der Waals surface area contributed by atoms with Crippen molar-refractivity contribution >= 4 is 5.91 Å². The summed E-state index contributed by atoms with van der Waals surface area (Å²) in [5.74, 6) is 1.04. The van der Waals surface area contributed by atoms with E-state index in [1.54, 1.807) is 10.9 Å². The number of rotatable bonds is 5. The molecule has 4 atom stereocenters. The number of amides is 1. The maximum atomic E-state index is 12.5. The molecular weight excluding hydrogens is 328 g/mol. The lowest BCUT2D eigenvalue weighted by molar-refractivity contribution is -0.000874. The molecule has 142 valence electrons. The van der Waals surface area contributed by atoms with Gasteiger partial charge in [-0.25, -0.2) is 0 Å². The van der Waals surface area contributed by atoms with Crippen molar-refractivity contribution in [3.05, 3.63) is 18.0 Å². The first-order valence-electron chi connectivity index (χ1n) is 10.4. The molecule has 5 rings (SSSR count). The first-order valence-corrected chi connectivity index (χ1v) is 10.4. The first kappa shape index (κ1) is 16.8. The van der Waals surface area contributed by atoms with Gasteiger partial charge in [-0.2, -0.15) is 5.10 Å². The molecule has 2 bridgehead atoms. The molecule has 0 aromatic carbocycles. The van der Waals surface area contributed by atoms with Gasteiger partial charge in [0.1, 0.15) is 0 Å². The molecule has 1 aliphatic carbocycles. The van der Waals surface area contributed by atoms with E-state index in [0.717, 1.165) is 38.6 Å². The Kier molecular flexibility index (Phi) is 4.09. The third-order valence-electron chi connectivity index (χ3n) is 7.37. The second-order valence-corrected chi connectivity index (χ2v) is 8.69. The Morgan fingerprint density at radius 1 is 1.38 bits per heavy atom. The molecule has 4 aliphatic rings. The van der Waals surface area contributed by atoms with Gasteiger partial charge in [-0.3, -0.25) is 14.4 Å². The van der Waals surface area contributed by atoms with Crippen LogP contribution in [-0.2, 0) is 11.3 Å². The number of fused-ring (bicyclic) bond motifs is 1. The summed E-state index contributed by atoms with van der Waals surface area (Å²) in [6, 6.07) is 0.771. The summed E-state index contributed by atoms with van der Waals surface area (Å²) >= 11 is 0. The molecule has 1 aromatic heterocycles. The van der Waals surface area contributed by atoms with E-state index in [1.165, 1.54) is 32.1 Å². The monoisotopic (exact) mass is 358 g/mol. The standard InChI is InChI=1S/C20H30N4O2/c1-2-24-11-14(9-22-24)19(25)21-10-16-17-12-23(15-5-3-4-6-15)13-20(17)8-7-18(16)26-20/h9,11,15-18H,2-8,10,12-13H2,1H3,(H,21,25)/t16-,17+,18+,20+/m0/s1. The van der Waals surface area contributed by atoms with Gasteiger partial charge in [0.2, 0.25) is 0 Å². The van der Waals surface area contributed by atoms with Crippen LogP contribution in [-0.4, -0.2) is 58.0 Å². The van der Waals surface area contributed by atoms with Crippen molar-refractivity contribution in [2.24, 2.45) is 11.8 Å². The van der Waals surface area contributed by atoms with Crippen molar-refractivity contribution < 1.29 is 9.53 Å². The number of aromatic nitrogens is 2. The van der Waals surface area contributed by atoms with E-state index in [9.17, 15) is 4.79 Å². The van der Waals surface area contributed by atoms with Crippen LogP contribution in [0.25, 0.3) is 0 Å². The molecule has 6 nitrogen and oxygen atoms in total. The van der Waals surface area contributed by atoms with Gasteiger partial charge in [-0.1, -0.05) is 12.8 Å². The largest absolute Gasteiger partial charge is 0.370 e. The van der Waals surface area contributed by atoms with Crippen LogP contribution < -0.4 is 5.32 Å². The molecule has 26 heavy (non-hydrogen) atoms. The molecule has 6 heteroatoms. The van der Waals surface area contributed by atoms with E-state index in [-0.39, 0.29) is 11.5 Å². The van der Waals surface area contributed by atoms with Crippen molar-refractivity contribution in [3.8, 4) is 0 Å². The van der Waals surface area contributed by atoms with Crippen molar-refractivity contribution in [3.63, 3.8) is 0 Å². The lowest BCUT2D eigenvalue weighted by Crippen LogP contribution is -2.41. The zero-order valence-electron chi connectivity index (χ0n) is 15.7. The number of ether oxygens (including phenoxy) is 1. The third-order valence-corrected chi connectivity index (χ3v) is 7.37. The predicted molar refractivity (Wildman–Crippen MR) is 97.9 cm³/mol. The van der Waals surface area contributed by atoms with Gasteiger partial charge in [0, 0.05) is 50.3 Å². The SMILES string of the molecule is CCn1cc(C(=O)NC[C@H]2[C@H]3CN(C4CCCC4)C[C@]34CC[C@H]2O4)cn1. The highest BCUT2D eigenvalue weighted by Crippen LogP contribution is 2.55. The van der Waals surface area contributed by atoms with Gasteiger partial charge < -0.3 is 10.1 Å². The summed E-state index contributed by atoms with van der Waals surface area (Å²) in [6.45, 7) is 5.82. The van der Waals surface area contributed by atoms with Crippen LogP contribution in [0, 0.1) is 11.8 Å². The number of nitrogens with one attached hydrogen (secondary N) is 1. The molecule has 4 heterocycles. The summed E-state index contributed by atoms with van der Waals surface area (Å²) < 4.78 is 8.33. The summed E-state index contributed by atoms with van der Waals surface area (Å²) in [7, 11) is 0. The van der Waals surface area contributed by atoms with Gasteiger partial charge in [-0.15, -0.1) is 0 Å². The predicted octanol–water partition coefficient (Wildman–Crippen LogP) is 2.05. The molecule has 4 fully saturated rings. The van der Waals surface area contributed by atoms with Gasteiger partial charge >= 0.3 is 0 Å². The third kappa shape index (κ3) is 2.61. The lowest BCUT2D eigenvalue weighted by Gasteiger charge is -2.29. The van der Waals surface area contributed by atoms with E-state index >= 15 is 0 Å². The number of hydrogen-bond acceptors (Lipinski definition) is 4. The quantitative estimate of drug-likeness (QED) is 0.875. The van der Waals surface area contributed by atoms with Crippen molar-refractivity contribution in [1.29, 1.82) is 0 Å². The number of hydrogen-bond donors (Lipinski definition) is 1. The van der Waals surface area contributed by atoms with Crippen LogP contribution >= 0.6 is 0 Å². The second kappa shape index (κ2) is 6.34. The number of carbonyl (C=O) groups is 1. The zero-order valence-corrected chi connectivity index (χ0v) is 15.7. The van der Waals surface area contributed by atoms with Crippen LogP contribution in [0.3, 0.4) is 0 Å². The Labute approximate surface area is 155 Å². The molecule has 3 aliphatic heterocycles. The number of likely N-dealkylation sites (tertiary alicyclic amines) is 1. The van der Waals surface area contributed by atoms with E-state index in [4.69, 9.17) is 4.74 Å². The second-order valence-electron chi connectivity index (χ2n) is 8.69. The minimum Gasteiger partial charge on any atom is -0.370 e. The Morgan fingerprint density at radius 2 is 2.23 bits per heavy atom. The molecular formula is C20H30N4O2. The summed E-state index contributed by atoms with van der Waals surface area (Å²) in [4.78, 5) is 15.2. The highest BCUT2D eigenvalue weighted by atomic mass is 16.5. The smallest absolute Gasteiger partial charge is 0.254 e. The van der Waals surface area contributed by atoms with Crippen LogP contribution in [0.1, 0.15) is 55.8 Å². The van der Waals surface area contributed by atoms with Gasteiger partial charge in [0.05, 0.1) is 23.5 Å². The Hall–Kier alpha value is -1.40. The van der Waals surface area contributed by atoms with Crippen LogP contribution in [0.5, 0.6) is 0 Å². The molecule has 1 N–H and O–H groups in total. The van der Waals surface area contributed by atoms with Crippen molar-refractivity contribution in [2.75, 3.05) is 19.6 Å². The Morgan fingerprint density at radius 3 is 3.00 bits per heavy atom. The number of nitrogens with zero attached hydrogens (tertiary/aromatic N) is 3. The topological polar surface area (TPSA) is 59.4 Å². The average Bonchev–Trinajstić information content (AvgIpc) is 3.45. The first-order chi connectivity index (χ1) is 12.7. The molecule has 3 saturated heterocycles. The van der Waals surface area contributed by atoms with Gasteiger partial charge in [0.25, 0.3) is 5.91 Å². The summed E-state index contributed by atoms with van der Waals surface area (Å²) in [5.41, 5.74) is 0.736. The maximum absolute atomic E-state index is 12.5. The molecule has 0 radical (unpaired) electrons. The molecule has 1 amide bonds. The molecule has 1 spiro atoms. The van der Waals surface area contributed by atoms with Crippen molar-refractivity contribution in [1.82, 2.24) is 20.0 Å². The number of carbonyl (C=O) groups excluding carboxylic acids is 1. The molecule has 1 saturated carbocycles. The van der Waals surface area contributed by atoms with Gasteiger partial charge in [-0.05, 0) is 32.6 Å². The minimum absolute atomic E-state index is 0.00725. The Bertz CT molecular complexity index is 683. The maximum Gasteiger partial charge on any atom is 0.254 e. The van der Waals surface area contributed by atoms with Crippen molar-refractivity contribution in [2.45, 2.75) is 69.7 Å². The van der Waals surface area contributed by atoms with E-state index < -0.39 is 0 Å². The van der Waals surface area contributed by atoms with Crippen LogP contribution in [0.15, 0.2) is 12.4 Å². The zero-order chi connectivity index (χ0) is 17.7. The van der Waals surface area contributed by atoms with E-state index in [1.807, 2.05) is 13.1 Å².